The van der Waals surface area contributed by atoms with Crippen LogP contribution in [-0.2, 0) is 4.79 Å². The number of rotatable bonds is 7. The third kappa shape index (κ3) is 5.78. The van der Waals surface area contributed by atoms with Crippen LogP contribution in [-0.4, -0.2) is 25.4 Å². The molecule has 0 radical (unpaired) electrons. The van der Waals surface area contributed by atoms with E-state index < -0.39 is 5.76 Å². The summed E-state index contributed by atoms with van der Waals surface area (Å²) in [4.78, 5) is 12.2. The zero-order valence-corrected chi connectivity index (χ0v) is 13.1. The summed E-state index contributed by atoms with van der Waals surface area (Å²) >= 11 is 0.456. The molecule has 0 aliphatic rings. The van der Waals surface area contributed by atoms with E-state index >= 15 is 0 Å². The first-order valence-electron chi connectivity index (χ1n) is 6.68. The predicted octanol–water partition coefficient (Wildman–Crippen LogP) is 4.03. The van der Waals surface area contributed by atoms with Crippen LogP contribution in [0.4, 0.5) is 14.5 Å². The van der Waals surface area contributed by atoms with Gasteiger partial charge in [0.25, 0.3) is 11.7 Å². The van der Waals surface area contributed by atoms with E-state index in [0.717, 1.165) is 0 Å². The smallest absolute Gasteiger partial charge is 0.288 e. The molecular weight excluding hydrogens is 324 g/mol. The number of alkyl halides is 2. The fourth-order valence-electron chi connectivity index (χ4n) is 1.74. The first kappa shape index (κ1) is 17.1. The zero-order chi connectivity index (χ0) is 16.7. The van der Waals surface area contributed by atoms with Crippen LogP contribution < -0.4 is 14.8 Å². The van der Waals surface area contributed by atoms with Gasteiger partial charge in [-0.25, -0.2) is 0 Å². The minimum absolute atomic E-state index is 0.153. The normalized spacial score (nSPS) is 10.4. The number of hydrogen-bond acceptors (Lipinski definition) is 4. The number of halogens is 2. The molecule has 2 aromatic carbocycles. The molecule has 0 bridgehead atoms. The Hall–Kier alpha value is -2.28. The lowest BCUT2D eigenvalue weighted by Gasteiger charge is -2.08. The third-order valence-corrected chi connectivity index (χ3v) is 3.52. The summed E-state index contributed by atoms with van der Waals surface area (Å²) in [5.74, 6) is -1.56. The molecule has 0 unspecified atom stereocenters. The van der Waals surface area contributed by atoms with E-state index in [9.17, 15) is 13.6 Å². The molecule has 122 valence electrons. The van der Waals surface area contributed by atoms with Crippen molar-refractivity contribution in [3.8, 4) is 11.5 Å². The first-order valence-corrected chi connectivity index (χ1v) is 7.56. The highest BCUT2D eigenvalue weighted by atomic mass is 32.2. The second kappa shape index (κ2) is 8.38. The lowest BCUT2D eigenvalue weighted by atomic mass is 10.3. The van der Waals surface area contributed by atoms with E-state index in [1.807, 2.05) is 0 Å². The first-order chi connectivity index (χ1) is 11.1. The van der Waals surface area contributed by atoms with Crippen LogP contribution in [0.2, 0.25) is 0 Å². The van der Waals surface area contributed by atoms with E-state index in [2.05, 4.69) is 5.32 Å². The number of benzene rings is 2. The molecule has 7 heteroatoms. The summed E-state index contributed by atoms with van der Waals surface area (Å²) in [5, 5.41) is 2.63. The van der Waals surface area contributed by atoms with Crippen molar-refractivity contribution < 1.29 is 23.0 Å². The number of methoxy groups -OCH3 is 1. The van der Waals surface area contributed by atoms with Gasteiger partial charge >= 0.3 is 0 Å². The standard InChI is InChI=1S/C16H15F2NO3S/c1-21-12-4-6-13(7-5-12)22-10-15(20)19-11-2-8-14(9-3-11)23-16(17)18/h2-9,16H,10H2,1H3,(H,19,20). The molecule has 0 aliphatic heterocycles. The van der Waals surface area contributed by atoms with Gasteiger partial charge in [0, 0.05) is 10.6 Å². The third-order valence-electron chi connectivity index (χ3n) is 2.79. The summed E-state index contributed by atoms with van der Waals surface area (Å²) in [6.07, 6.45) is 0. The van der Waals surface area contributed by atoms with Gasteiger partial charge in [0.1, 0.15) is 11.5 Å². The number of hydrogen-bond donors (Lipinski definition) is 1. The van der Waals surface area contributed by atoms with Crippen molar-refractivity contribution in [2.45, 2.75) is 10.7 Å². The van der Waals surface area contributed by atoms with Crippen LogP contribution in [0.3, 0.4) is 0 Å². The summed E-state index contributed by atoms with van der Waals surface area (Å²) in [6, 6.07) is 13.0. The highest BCUT2D eigenvalue weighted by Crippen LogP contribution is 2.26. The fourth-order valence-corrected chi connectivity index (χ4v) is 2.24. The molecule has 0 aromatic heterocycles. The Bertz CT molecular complexity index is 633. The van der Waals surface area contributed by atoms with Crippen molar-refractivity contribution in [1.82, 2.24) is 0 Å². The molecule has 0 saturated carbocycles. The second-order valence-electron chi connectivity index (χ2n) is 4.42. The maximum atomic E-state index is 12.2. The average molecular weight is 339 g/mol. The summed E-state index contributed by atoms with van der Waals surface area (Å²) in [6.45, 7) is -0.153. The number of carbonyl (C=O) groups is 1. The molecule has 0 atom stereocenters. The van der Waals surface area contributed by atoms with Crippen LogP contribution >= 0.6 is 11.8 Å². The van der Waals surface area contributed by atoms with E-state index in [0.29, 0.717) is 33.8 Å². The molecule has 2 aromatic rings. The molecule has 0 fully saturated rings. The van der Waals surface area contributed by atoms with Gasteiger partial charge < -0.3 is 14.8 Å². The van der Waals surface area contributed by atoms with Crippen molar-refractivity contribution >= 4 is 23.4 Å². The zero-order valence-electron chi connectivity index (χ0n) is 12.3. The monoisotopic (exact) mass is 339 g/mol. The van der Waals surface area contributed by atoms with Crippen molar-refractivity contribution in [1.29, 1.82) is 0 Å². The summed E-state index contributed by atoms with van der Waals surface area (Å²) in [5.41, 5.74) is 0.520. The largest absolute Gasteiger partial charge is 0.497 e. The van der Waals surface area contributed by atoms with E-state index in [-0.39, 0.29) is 12.5 Å². The number of carbonyl (C=O) groups excluding carboxylic acids is 1. The van der Waals surface area contributed by atoms with Gasteiger partial charge in [0.2, 0.25) is 0 Å². The number of anilines is 1. The lowest BCUT2D eigenvalue weighted by Crippen LogP contribution is -2.20. The van der Waals surface area contributed by atoms with Crippen LogP contribution in [0, 0.1) is 0 Å². The van der Waals surface area contributed by atoms with Gasteiger partial charge in [-0.15, -0.1) is 0 Å². The SMILES string of the molecule is COc1ccc(OCC(=O)Nc2ccc(SC(F)F)cc2)cc1. The topological polar surface area (TPSA) is 47.6 Å². The highest BCUT2D eigenvalue weighted by Gasteiger charge is 2.07. The van der Waals surface area contributed by atoms with Crippen molar-refractivity contribution in [2.24, 2.45) is 0 Å². The predicted molar refractivity (Wildman–Crippen MR) is 85.4 cm³/mol. The quantitative estimate of drug-likeness (QED) is 0.774. The minimum Gasteiger partial charge on any atom is -0.497 e. The number of thioether (sulfide) groups is 1. The fraction of sp³-hybridized carbons (Fsp3) is 0.188. The van der Waals surface area contributed by atoms with Crippen LogP contribution in [0.5, 0.6) is 11.5 Å². The maximum absolute atomic E-state index is 12.2. The lowest BCUT2D eigenvalue weighted by molar-refractivity contribution is -0.118. The van der Waals surface area contributed by atoms with Gasteiger partial charge in [-0.2, -0.15) is 8.78 Å². The number of nitrogens with one attached hydrogen (secondary N) is 1. The van der Waals surface area contributed by atoms with E-state index in [1.54, 1.807) is 43.5 Å². The van der Waals surface area contributed by atoms with Gasteiger partial charge in [-0.3, -0.25) is 4.79 Å². The van der Waals surface area contributed by atoms with Gasteiger partial charge in [-0.05, 0) is 48.5 Å². The Morgan fingerprint density at radius 2 is 1.70 bits per heavy atom. The van der Waals surface area contributed by atoms with E-state index in [4.69, 9.17) is 9.47 Å². The maximum Gasteiger partial charge on any atom is 0.288 e. The Kier molecular flexibility index (Phi) is 6.22. The summed E-state index contributed by atoms with van der Waals surface area (Å²) < 4.78 is 34.8. The van der Waals surface area contributed by atoms with Gasteiger partial charge in [0.05, 0.1) is 7.11 Å². The number of ether oxygens (including phenoxy) is 2. The van der Waals surface area contributed by atoms with Crippen molar-refractivity contribution in [3.05, 3.63) is 48.5 Å². The van der Waals surface area contributed by atoms with Gasteiger partial charge in [0.15, 0.2) is 6.61 Å². The Balaban J connectivity index is 1.81. The number of amides is 1. The van der Waals surface area contributed by atoms with Crippen molar-refractivity contribution in [2.75, 3.05) is 19.0 Å². The molecule has 0 heterocycles. The molecule has 2 rings (SSSR count). The Morgan fingerprint density at radius 1 is 1.09 bits per heavy atom. The average Bonchev–Trinajstić information content (AvgIpc) is 2.55. The second-order valence-corrected chi connectivity index (χ2v) is 5.48. The van der Waals surface area contributed by atoms with Crippen molar-refractivity contribution in [3.63, 3.8) is 0 Å². The molecule has 1 N–H and O–H groups in total. The molecular formula is C16H15F2NO3S. The molecule has 0 aliphatic carbocycles. The van der Waals surface area contributed by atoms with Crippen LogP contribution in [0.25, 0.3) is 0 Å². The van der Waals surface area contributed by atoms with Crippen LogP contribution in [0.1, 0.15) is 0 Å². The molecule has 4 nitrogen and oxygen atoms in total. The molecule has 1 amide bonds. The highest BCUT2D eigenvalue weighted by molar-refractivity contribution is 7.99. The van der Waals surface area contributed by atoms with Crippen LogP contribution in [0.15, 0.2) is 53.4 Å². The Morgan fingerprint density at radius 3 is 2.26 bits per heavy atom. The molecule has 0 spiro atoms. The molecule has 0 saturated heterocycles. The van der Waals surface area contributed by atoms with E-state index in [1.165, 1.54) is 12.1 Å². The molecule has 23 heavy (non-hydrogen) atoms. The Labute approximate surface area is 136 Å². The van der Waals surface area contributed by atoms with Gasteiger partial charge in [-0.1, -0.05) is 11.8 Å². The minimum atomic E-state index is -2.46. The summed E-state index contributed by atoms with van der Waals surface area (Å²) in [7, 11) is 1.56.